The summed E-state index contributed by atoms with van der Waals surface area (Å²) in [5, 5.41) is 0. The summed E-state index contributed by atoms with van der Waals surface area (Å²) in [5.74, 6) is 2.19. The van der Waals surface area contributed by atoms with Crippen molar-refractivity contribution in [3.63, 3.8) is 0 Å². The van der Waals surface area contributed by atoms with Crippen molar-refractivity contribution in [2.75, 3.05) is 21.7 Å². The molecular weight excluding hydrogens is 404 g/mol. The molecule has 1 saturated carbocycles. The number of anilines is 3. The average Bonchev–Trinajstić information content (AvgIpc) is 3.60. The number of aryl methyl sites for hydroxylation is 1. The van der Waals surface area contributed by atoms with Gasteiger partial charge < -0.3 is 14.7 Å². The molecule has 1 fully saturated rings. The van der Waals surface area contributed by atoms with Crippen molar-refractivity contribution in [1.29, 1.82) is 0 Å². The topological polar surface area (TPSA) is 22.6 Å². The lowest BCUT2D eigenvalue weighted by Crippen LogP contribution is -2.46. The van der Waals surface area contributed by atoms with Crippen molar-refractivity contribution < 1.29 is 0 Å². The fraction of sp³-hybridized carbons (Fsp3) is 0.345. The molecule has 4 heteroatoms. The monoisotopic (exact) mass is 436 g/mol. The van der Waals surface area contributed by atoms with Gasteiger partial charge in [-0.1, -0.05) is 55.1 Å². The molecule has 2 unspecified atom stereocenters. The van der Waals surface area contributed by atoms with Crippen LogP contribution in [0.3, 0.4) is 0 Å². The van der Waals surface area contributed by atoms with E-state index in [1.165, 1.54) is 40.8 Å². The molecule has 4 nitrogen and oxygen atoms in total. The van der Waals surface area contributed by atoms with Crippen LogP contribution in [0.25, 0.3) is 0 Å². The Hall–Kier alpha value is -3.27. The van der Waals surface area contributed by atoms with E-state index in [4.69, 9.17) is 4.98 Å². The van der Waals surface area contributed by atoms with Gasteiger partial charge in [-0.2, -0.15) is 0 Å². The Morgan fingerprint density at radius 3 is 2.55 bits per heavy atom. The highest BCUT2D eigenvalue weighted by Gasteiger charge is 2.41. The van der Waals surface area contributed by atoms with Crippen LogP contribution in [0.1, 0.15) is 48.1 Å². The van der Waals surface area contributed by atoms with Gasteiger partial charge in [-0.05, 0) is 67.5 Å². The molecule has 2 aliphatic heterocycles. The van der Waals surface area contributed by atoms with E-state index in [-0.39, 0.29) is 12.1 Å². The molecule has 33 heavy (non-hydrogen) atoms. The number of pyridine rings is 1. The molecule has 3 aromatic rings. The molecule has 0 amide bonds. The molecule has 0 radical (unpaired) electrons. The predicted octanol–water partition coefficient (Wildman–Crippen LogP) is 6.01. The zero-order chi connectivity index (χ0) is 22.7. The minimum atomic E-state index is 0.274. The van der Waals surface area contributed by atoms with Gasteiger partial charge in [0.15, 0.2) is 5.82 Å². The second kappa shape index (κ2) is 7.65. The summed E-state index contributed by atoms with van der Waals surface area (Å²) in [6, 6.07) is 23.3. The van der Waals surface area contributed by atoms with Gasteiger partial charge in [0.25, 0.3) is 0 Å². The van der Waals surface area contributed by atoms with Crippen LogP contribution in [-0.2, 0) is 13.0 Å². The van der Waals surface area contributed by atoms with Gasteiger partial charge in [-0.25, -0.2) is 4.98 Å². The number of hydrogen-bond donors (Lipinski definition) is 0. The predicted molar refractivity (Wildman–Crippen MR) is 137 cm³/mol. The first-order chi connectivity index (χ1) is 16.0. The van der Waals surface area contributed by atoms with E-state index >= 15 is 0 Å². The maximum atomic E-state index is 5.34. The second-order valence-corrected chi connectivity index (χ2v) is 9.85. The summed E-state index contributed by atoms with van der Waals surface area (Å²) in [5.41, 5.74) is 7.92. The van der Waals surface area contributed by atoms with Crippen LogP contribution < -0.4 is 14.7 Å². The van der Waals surface area contributed by atoms with Crippen LogP contribution >= 0.6 is 0 Å². The standard InChI is InChI=1S/C29H32N4/c1-19-9-5-6-10-22(19)17-27-25-12-8-7-11-23(25)18-32(27)28-16-15-26-29(30-28)33(24-13-14-24)21(3)20(2)31(26)4/h5-12,15-16,21,24,27H,2,13-14,17-18H2,1,3-4H3. The van der Waals surface area contributed by atoms with E-state index in [0.29, 0.717) is 6.04 Å². The number of hydrogen-bond acceptors (Lipinski definition) is 4. The largest absolute Gasteiger partial charge is 0.345 e. The molecule has 1 aliphatic carbocycles. The summed E-state index contributed by atoms with van der Waals surface area (Å²) in [7, 11) is 2.12. The number of aromatic nitrogens is 1. The Bertz CT molecular complexity index is 1230. The maximum absolute atomic E-state index is 5.34. The van der Waals surface area contributed by atoms with E-state index < -0.39 is 0 Å². The Balaban J connectivity index is 1.42. The van der Waals surface area contributed by atoms with Gasteiger partial charge in [-0.15, -0.1) is 0 Å². The molecule has 3 aliphatic rings. The highest BCUT2D eigenvalue weighted by molar-refractivity contribution is 5.77. The van der Waals surface area contributed by atoms with Crippen molar-refractivity contribution in [2.24, 2.45) is 0 Å². The van der Waals surface area contributed by atoms with Crippen LogP contribution in [0.2, 0.25) is 0 Å². The summed E-state index contributed by atoms with van der Waals surface area (Å²) in [4.78, 5) is 12.6. The quantitative estimate of drug-likeness (QED) is 0.499. The Kier molecular flexibility index (Phi) is 4.72. The summed E-state index contributed by atoms with van der Waals surface area (Å²) < 4.78 is 0. The van der Waals surface area contributed by atoms with Crippen LogP contribution in [0, 0.1) is 6.92 Å². The highest BCUT2D eigenvalue weighted by atomic mass is 15.4. The average molecular weight is 437 g/mol. The first-order valence-electron chi connectivity index (χ1n) is 12.1. The number of nitrogens with zero attached hydrogens (tertiary/aromatic N) is 4. The van der Waals surface area contributed by atoms with Crippen molar-refractivity contribution in [3.05, 3.63) is 95.2 Å². The molecule has 3 heterocycles. The van der Waals surface area contributed by atoms with Crippen LogP contribution in [0.4, 0.5) is 17.3 Å². The third-order valence-electron chi connectivity index (χ3n) is 7.82. The Morgan fingerprint density at radius 2 is 1.76 bits per heavy atom. The lowest BCUT2D eigenvalue weighted by Gasteiger charge is -2.43. The molecule has 1 aromatic heterocycles. The third kappa shape index (κ3) is 3.31. The number of rotatable bonds is 4. The van der Waals surface area contributed by atoms with E-state index in [9.17, 15) is 0 Å². The minimum absolute atomic E-state index is 0.274. The van der Waals surface area contributed by atoms with Crippen molar-refractivity contribution in [1.82, 2.24) is 4.98 Å². The Labute approximate surface area is 197 Å². The fourth-order valence-electron chi connectivity index (χ4n) is 5.64. The second-order valence-electron chi connectivity index (χ2n) is 9.85. The molecule has 6 rings (SSSR count). The van der Waals surface area contributed by atoms with Crippen molar-refractivity contribution >= 4 is 17.3 Å². The van der Waals surface area contributed by atoms with Gasteiger partial charge >= 0.3 is 0 Å². The molecule has 168 valence electrons. The van der Waals surface area contributed by atoms with E-state index in [0.717, 1.165) is 30.3 Å². The SMILES string of the molecule is C=C1C(C)N(C2CC2)c2nc(N3Cc4ccccc4C3Cc3ccccc3C)ccc2N1C. The molecule has 2 aromatic carbocycles. The zero-order valence-corrected chi connectivity index (χ0v) is 19.8. The first-order valence-corrected chi connectivity index (χ1v) is 12.1. The van der Waals surface area contributed by atoms with E-state index in [1.54, 1.807) is 0 Å². The highest BCUT2D eigenvalue weighted by Crippen LogP contribution is 2.46. The number of likely N-dealkylation sites (N-methyl/N-ethyl adjacent to an activating group) is 1. The van der Waals surface area contributed by atoms with Gasteiger partial charge in [0.2, 0.25) is 0 Å². The molecule has 2 atom stereocenters. The normalized spacial score (nSPS) is 21.9. The minimum Gasteiger partial charge on any atom is -0.345 e. The van der Waals surface area contributed by atoms with Crippen LogP contribution in [0.5, 0.6) is 0 Å². The lowest BCUT2D eigenvalue weighted by atomic mass is 9.96. The summed E-state index contributed by atoms with van der Waals surface area (Å²) >= 11 is 0. The van der Waals surface area contributed by atoms with Gasteiger partial charge in [-0.3, -0.25) is 0 Å². The fourth-order valence-corrected chi connectivity index (χ4v) is 5.64. The molecule has 0 saturated heterocycles. The molecular formula is C29H32N4. The third-order valence-corrected chi connectivity index (χ3v) is 7.82. The lowest BCUT2D eigenvalue weighted by molar-refractivity contribution is 0.638. The molecule has 0 spiro atoms. The van der Waals surface area contributed by atoms with Gasteiger partial charge in [0, 0.05) is 25.3 Å². The smallest absolute Gasteiger partial charge is 0.155 e. The maximum Gasteiger partial charge on any atom is 0.155 e. The summed E-state index contributed by atoms with van der Waals surface area (Å²) in [6.07, 6.45) is 3.48. The Morgan fingerprint density at radius 1 is 1.00 bits per heavy atom. The van der Waals surface area contributed by atoms with Crippen molar-refractivity contribution in [3.8, 4) is 0 Å². The summed E-state index contributed by atoms with van der Waals surface area (Å²) in [6.45, 7) is 9.76. The van der Waals surface area contributed by atoms with Crippen molar-refractivity contribution in [2.45, 2.75) is 57.8 Å². The first kappa shape index (κ1) is 20.3. The van der Waals surface area contributed by atoms with Gasteiger partial charge in [0.05, 0.1) is 17.8 Å². The molecule has 0 N–H and O–H groups in total. The van der Waals surface area contributed by atoms with E-state index in [1.807, 2.05) is 0 Å². The molecule has 0 bridgehead atoms. The number of fused-ring (bicyclic) bond motifs is 2. The zero-order valence-electron chi connectivity index (χ0n) is 19.8. The number of benzene rings is 2. The van der Waals surface area contributed by atoms with Crippen LogP contribution in [-0.4, -0.2) is 24.1 Å². The van der Waals surface area contributed by atoms with E-state index in [2.05, 4.69) is 103 Å². The van der Waals surface area contributed by atoms with Crippen LogP contribution in [0.15, 0.2) is 72.9 Å². The van der Waals surface area contributed by atoms with Gasteiger partial charge in [0.1, 0.15) is 5.82 Å².